The number of aromatic carboxylic acids is 1. The first-order valence-corrected chi connectivity index (χ1v) is 6.10. The molecule has 0 bridgehead atoms. The monoisotopic (exact) mass is 293 g/mol. The molecule has 0 aliphatic rings. The van der Waals surface area contributed by atoms with Crippen LogP contribution in [0.5, 0.6) is 5.75 Å². The van der Waals surface area contributed by atoms with Gasteiger partial charge in [0.1, 0.15) is 5.82 Å². The second-order valence-corrected chi connectivity index (χ2v) is 4.32. The van der Waals surface area contributed by atoms with Crippen LogP contribution < -0.4 is 10.1 Å². The van der Waals surface area contributed by atoms with Crippen molar-refractivity contribution in [1.29, 1.82) is 0 Å². The lowest BCUT2D eigenvalue weighted by Crippen LogP contribution is -2.04. The van der Waals surface area contributed by atoms with Gasteiger partial charge in [0.05, 0.1) is 12.7 Å². The van der Waals surface area contributed by atoms with E-state index in [2.05, 4.69) is 5.32 Å². The van der Waals surface area contributed by atoms with Gasteiger partial charge in [-0.15, -0.1) is 0 Å². The van der Waals surface area contributed by atoms with E-state index < -0.39 is 17.6 Å². The summed E-state index contributed by atoms with van der Waals surface area (Å²) in [6.45, 7) is 0.239. The number of hydrogen-bond donors (Lipinski definition) is 2. The van der Waals surface area contributed by atoms with Gasteiger partial charge in [-0.2, -0.15) is 0 Å². The van der Waals surface area contributed by atoms with Crippen molar-refractivity contribution < 1.29 is 23.4 Å². The number of ether oxygens (including phenoxy) is 1. The van der Waals surface area contributed by atoms with Gasteiger partial charge in [-0.3, -0.25) is 0 Å². The van der Waals surface area contributed by atoms with Crippen molar-refractivity contribution in [1.82, 2.24) is 0 Å². The molecule has 0 unspecified atom stereocenters. The van der Waals surface area contributed by atoms with Crippen LogP contribution in [0.2, 0.25) is 0 Å². The number of carbonyl (C=O) groups is 1. The molecule has 0 atom stereocenters. The fourth-order valence-electron chi connectivity index (χ4n) is 1.82. The molecule has 0 saturated carbocycles. The van der Waals surface area contributed by atoms with Crippen LogP contribution in [0.3, 0.4) is 0 Å². The predicted molar refractivity (Wildman–Crippen MR) is 73.6 cm³/mol. The Morgan fingerprint density at radius 1 is 1.19 bits per heavy atom. The maximum absolute atomic E-state index is 13.5. The van der Waals surface area contributed by atoms with Crippen LogP contribution in [-0.2, 0) is 6.54 Å². The number of halogens is 2. The van der Waals surface area contributed by atoms with Crippen molar-refractivity contribution in [3.8, 4) is 5.75 Å². The third kappa shape index (κ3) is 3.47. The summed E-state index contributed by atoms with van der Waals surface area (Å²) in [5.41, 5.74) is 0.680. The second kappa shape index (κ2) is 6.21. The number of carboxylic acid groups (broad SMARTS) is 1. The maximum atomic E-state index is 13.5. The predicted octanol–water partition coefficient (Wildman–Crippen LogP) is 3.28. The zero-order valence-electron chi connectivity index (χ0n) is 11.2. The van der Waals surface area contributed by atoms with E-state index in [4.69, 9.17) is 9.84 Å². The topological polar surface area (TPSA) is 58.6 Å². The third-order valence-electron chi connectivity index (χ3n) is 2.91. The number of methoxy groups -OCH3 is 1. The highest BCUT2D eigenvalue weighted by Crippen LogP contribution is 2.21. The van der Waals surface area contributed by atoms with Crippen molar-refractivity contribution >= 4 is 11.7 Å². The van der Waals surface area contributed by atoms with Gasteiger partial charge < -0.3 is 15.2 Å². The van der Waals surface area contributed by atoms with Crippen molar-refractivity contribution in [3.05, 3.63) is 59.2 Å². The van der Waals surface area contributed by atoms with E-state index in [0.717, 1.165) is 6.07 Å². The number of nitrogens with one attached hydrogen (secondary N) is 1. The summed E-state index contributed by atoms with van der Waals surface area (Å²) in [7, 11) is 1.37. The van der Waals surface area contributed by atoms with E-state index in [1.165, 1.54) is 31.4 Å². The fraction of sp³-hybridized carbons (Fsp3) is 0.133. The minimum absolute atomic E-state index is 0.136. The summed E-state index contributed by atoms with van der Waals surface area (Å²) >= 11 is 0. The summed E-state index contributed by atoms with van der Waals surface area (Å²) in [6.07, 6.45) is 0. The SMILES string of the molecule is COc1ccc(NCc2ccc(C(=O)O)c(F)c2)cc1F. The van der Waals surface area contributed by atoms with E-state index in [0.29, 0.717) is 11.3 Å². The quantitative estimate of drug-likeness (QED) is 0.888. The van der Waals surface area contributed by atoms with Crippen molar-refractivity contribution in [2.45, 2.75) is 6.54 Å². The van der Waals surface area contributed by atoms with Crippen molar-refractivity contribution in [2.75, 3.05) is 12.4 Å². The average Bonchev–Trinajstić information content (AvgIpc) is 2.45. The van der Waals surface area contributed by atoms with Crippen molar-refractivity contribution in [2.24, 2.45) is 0 Å². The van der Waals surface area contributed by atoms with Crippen LogP contribution >= 0.6 is 0 Å². The number of anilines is 1. The zero-order chi connectivity index (χ0) is 15.4. The third-order valence-corrected chi connectivity index (χ3v) is 2.91. The normalized spacial score (nSPS) is 10.2. The van der Waals surface area contributed by atoms with Gasteiger partial charge in [0.2, 0.25) is 0 Å². The van der Waals surface area contributed by atoms with Crippen LogP contribution in [0.25, 0.3) is 0 Å². The standard InChI is InChI=1S/C15H13F2NO3/c1-21-14-5-3-10(7-13(14)17)18-8-9-2-4-11(15(19)20)12(16)6-9/h2-7,18H,8H2,1H3,(H,19,20). The minimum atomic E-state index is -1.32. The number of hydrogen-bond acceptors (Lipinski definition) is 3. The van der Waals surface area contributed by atoms with Crippen molar-refractivity contribution in [3.63, 3.8) is 0 Å². The molecule has 0 aliphatic carbocycles. The van der Waals surface area contributed by atoms with E-state index in [1.54, 1.807) is 6.07 Å². The lowest BCUT2D eigenvalue weighted by Gasteiger charge is -2.09. The van der Waals surface area contributed by atoms with Crippen LogP contribution in [0.4, 0.5) is 14.5 Å². The number of rotatable bonds is 5. The molecule has 0 radical (unpaired) electrons. The van der Waals surface area contributed by atoms with Gasteiger partial charge in [-0.1, -0.05) is 6.07 Å². The Bertz CT molecular complexity index is 674. The Labute approximate surface area is 120 Å². The van der Waals surface area contributed by atoms with Crippen LogP contribution in [0, 0.1) is 11.6 Å². The van der Waals surface area contributed by atoms with E-state index in [9.17, 15) is 13.6 Å². The van der Waals surface area contributed by atoms with Crippen LogP contribution in [-0.4, -0.2) is 18.2 Å². The van der Waals surface area contributed by atoms with Crippen LogP contribution in [0.15, 0.2) is 36.4 Å². The summed E-state index contributed by atoms with van der Waals surface area (Å²) in [5.74, 6) is -2.49. The molecule has 6 heteroatoms. The summed E-state index contributed by atoms with van der Waals surface area (Å²) in [5, 5.41) is 11.7. The first kappa shape index (κ1) is 14.8. The number of carboxylic acids is 1. The van der Waals surface area contributed by atoms with Crippen LogP contribution in [0.1, 0.15) is 15.9 Å². The molecule has 0 aliphatic heterocycles. The lowest BCUT2D eigenvalue weighted by molar-refractivity contribution is 0.0692. The highest BCUT2D eigenvalue weighted by Gasteiger charge is 2.10. The second-order valence-electron chi connectivity index (χ2n) is 4.32. The smallest absolute Gasteiger partial charge is 0.338 e. The maximum Gasteiger partial charge on any atom is 0.338 e. The molecular formula is C15H13F2NO3. The Kier molecular flexibility index (Phi) is 4.37. The number of benzene rings is 2. The Balaban J connectivity index is 2.08. The lowest BCUT2D eigenvalue weighted by atomic mass is 10.1. The molecule has 0 spiro atoms. The molecule has 2 aromatic rings. The van der Waals surface area contributed by atoms with Gasteiger partial charge in [-0.25, -0.2) is 13.6 Å². The molecule has 2 N–H and O–H groups in total. The highest BCUT2D eigenvalue weighted by atomic mass is 19.1. The molecule has 21 heavy (non-hydrogen) atoms. The molecule has 0 amide bonds. The summed E-state index contributed by atoms with van der Waals surface area (Å²) in [4.78, 5) is 10.7. The molecule has 110 valence electrons. The van der Waals surface area contributed by atoms with Gasteiger partial charge >= 0.3 is 5.97 Å². The molecule has 2 aromatic carbocycles. The Morgan fingerprint density at radius 2 is 1.95 bits per heavy atom. The molecule has 4 nitrogen and oxygen atoms in total. The first-order chi connectivity index (χ1) is 10.0. The average molecular weight is 293 g/mol. The molecule has 2 rings (SSSR count). The van der Waals surface area contributed by atoms with Gasteiger partial charge in [0, 0.05) is 18.3 Å². The van der Waals surface area contributed by atoms with E-state index >= 15 is 0 Å². The Morgan fingerprint density at radius 3 is 2.52 bits per heavy atom. The largest absolute Gasteiger partial charge is 0.494 e. The van der Waals surface area contributed by atoms with E-state index in [1.807, 2.05) is 0 Å². The highest BCUT2D eigenvalue weighted by molar-refractivity contribution is 5.87. The zero-order valence-corrected chi connectivity index (χ0v) is 11.2. The summed E-state index contributed by atoms with van der Waals surface area (Å²) < 4.78 is 31.8. The Hall–Kier alpha value is -2.63. The summed E-state index contributed by atoms with van der Waals surface area (Å²) in [6, 6.07) is 8.20. The molecule has 0 heterocycles. The van der Waals surface area contributed by atoms with Gasteiger partial charge in [-0.05, 0) is 29.8 Å². The molecular weight excluding hydrogens is 280 g/mol. The molecule has 0 aromatic heterocycles. The van der Waals surface area contributed by atoms with E-state index in [-0.39, 0.29) is 17.9 Å². The first-order valence-electron chi connectivity index (χ1n) is 6.10. The molecule has 0 saturated heterocycles. The minimum Gasteiger partial charge on any atom is -0.494 e. The van der Waals surface area contributed by atoms with Gasteiger partial charge in [0.25, 0.3) is 0 Å². The molecule has 0 fully saturated rings. The fourth-order valence-corrected chi connectivity index (χ4v) is 1.82. The van der Waals surface area contributed by atoms with Gasteiger partial charge in [0.15, 0.2) is 11.6 Å².